The molecule has 8 heteroatoms. The topological polar surface area (TPSA) is 67.6 Å². The van der Waals surface area contributed by atoms with Gasteiger partial charge in [-0.3, -0.25) is 8.71 Å². The van der Waals surface area contributed by atoms with Crippen molar-refractivity contribution in [3.63, 3.8) is 0 Å². The Balaban J connectivity index is 1.83. The first-order valence-corrected chi connectivity index (χ1v) is 10.0. The second kappa shape index (κ2) is 7.05. The molecule has 0 atom stereocenters. The summed E-state index contributed by atoms with van der Waals surface area (Å²) in [6.07, 6.45) is 1.50. The van der Waals surface area contributed by atoms with Crippen LogP contribution in [-0.4, -0.2) is 23.0 Å². The lowest BCUT2D eigenvalue weighted by Gasteiger charge is -2.25. The Kier molecular flexibility index (Phi) is 4.56. The Bertz CT molecular complexity index is 1220. The first kappa shape index (κ1) is 18.1. The van der Waals surface area contributed by atoms with Crippen molar-refractivity contribution < 1.29 is 12.8 Å². The molecule has 2 aromatic carbocycles. The Morgan fingerprint density at radius 1 is 0.964 bits per heavy atom. The predicted octanol–water partition coefficient (Wildman–Crippen LogP) is 3.57. The molecule has 0 radical (unpaired) electrons. The van der Waals surface area contributed by atoms with E-state index < -0.39 is 15.8 Å². The Hall–Kier alpha value is -3.26. The SMILES string of the molecule is Cc1nnc2ccc(S(=O)(=O)N(Cc3ccccc3)c3ccc(F)cc3)cn12. The molecular weight excluding hydrogens is 379 g/mol. The Morgan fingerprint density at radius 3 is 2.39 bits per heavy atom. The van der Waals surface area contributed by atoms with Crippen LogP contribution in [0.2, 0.25) is 0 Å². The maximum atomic E-state index is 13.5. The first-order valence-electron chi connectivity index (χ1n) is 8.59. The Labute approximate surface area is 161 Å². The highest BCUT2D eigenvalue weighted by atomic mass is 32.2. The van der Waals surface area contributed by atoms with E-state index in [1.54, 1.807) is 17.4 Å². The summed E-state index contributed by atoms with van der Waals surface area (Å²) in [6, 6.07) is 17.8. The van der Waals surface area contributed by atoms with Gasteiger partial charge in [0.25, 0.3) is 10.0 Å². The van der Waals surface area contributed by atoms with Gasteiger partial charge in [-0.25, -0.2) is 12.8 Å². The van der Waals surface area contributed by atoms with E-state index >= 15 is 0 Å². The number of halogens is 1. The van der Waals surface area contributed by atoms with Crippen LogP contribution >= 0.6 is 0 Å². The zero-order valence-corrected chi connectivity index (χ0v) is 15.8. The number of fused-ring (bicyclic) bond motifs is 1. The summed E-state index contributed by atoms with van der Waals surface area (Å²) in [7, 11) is -3.92. The van der Waals surface area contributed by atoms with Crippen LogP contribution in [0.5, 0.6) is 0 Å². The van der Waals surface area contributed by atoms with Gasteiger partial charge in [-0.15, -0.1) is 10.2 Å². The molecule has 4 rings (SSSR count). The van der Waals surface area contributed by atoms with Gasteiger partial charge in [-0.05, 0) is 48.9 Å². The van der Waals surface area contributed by atoms with Gasteiger partial charge in [0.15, 0.2) is 5.65 Å². The highest BCUT2D eigenvalue weighted by Crippen LogP contribution is 2.26. The number of rotatable bonds is 5. The molecule has 0 amide bonds. The summed E-state index contributed by atoms with van der Waals surface area (Å²) in [5.74, 6) is 0.158. The average Bonchev–Trinajstić information content (AvgIpc) is 3.08. The molecular formula is C20H17FN4O2S. The van der Waals surface area contributed by atoms with E-state index in [1.807, 2.05) is 30.3 Å². The number of hydrogen-bond donors (Lipinski definition) is 0. The van der Waals surface area contributed by atoms with Crippen molar-refractivity contribution in [2.45, 2.75) is 18.4 Å². The van der Waals surface area contributed by atoms with Crippen molar-refractivity contribution in [2.24, 2.45) is 0 Å². The molecule has 0 saturated heterocycles. The number of anilines is 1. The normalized spacial score (nSPS) is 11.6. The summed E-state index contributed by atoms with van der Waals surface area (Å²) in [4.78, 5) is 0.100. The lowest BCUT2D eigenvalue weighted by atomic mass is 10.2. The number of nitrogens with zero attached hydrogens (tertiary/aromatic N) is 4. The monoisotopic (exact) mass is 396 g/mol. The zero-order valence-electron chi connectivity index (χ0n) is 15.0. The number of pyridine rings is 1. The van der Waals surface area contributed by atoms with Crippen LogP contribution in [0.25, 0.3) is 5.65 Å². The summed E-state index contributed by atoms with van der Waals surface area (Å²) in [5, 5.41) is 7.95. The Morgan fingerprint density at radius 2 is 1.68 bits per heavy atom. The largest absolute Gasteiger partial charge is 0.285 e. The number of hydrogen-bond acceptors (Lipinski definition) is 4. The molecule has 4 aromatic rings. The molecule has 0 aliphatic heterocycles. The molecule has 6 nitrogen and oxygen atoms in total. The number of aryl methyl sites for hydroxylation is 1. The van der Waals surface area contributed by atoms with Crippen LogP contribution < -0.4 is 4.31 Å². The fraction of sp³-hybridized carbons (Fsp3) is 0.100. The smallest absolute Gasteiger partial charge is 0.266 e. The zero-order chi connectivity index (χ0) is 19.7. The third kappa shape index (κ3) is 3.34. The van der Waals surface area contributed by atoms with Gasteiger partial charge >= 0.3 is 0 Å². The van der Waals surface area contributed by atoms with Crippen LogP contribution in [0.15, 0.2) is 77.8 Å². The van der Waals surface area contributed by atoms with Crippen LogP contribution in [0.1, 0.15) is 11.4 Å². The lowest BCUT2D eigenvalue weighted by Crippen LogP contribution is -2.30. The van der Waals surface area contributed by atoms with Crippen molar-refractivity contribution in [1.82, 2.24) is 14.6 Å². The second-order valence-corrected chi connectivity index (χ2v) is 8.18. The third-order valence-corrected chi connectivity index (χ3v) is 6.17. The van der Waals surface area contributed by atoms with Gasteiger partial charge in [-0.2, -0.15) is 0 Å². The van der Waals surface area contributed by atoms with Crippen LogP contribution in [-0.2, 0) is 16.6 Å². The van der Waals surface area contributed by atoms with Crippen molar-refractivity contribution in [1.29, 1.82) is 0 Å². The van der Waals surface area contributed by atoms with E-state index in [4.69, 9.17) is 0 Å². The fourth-order valence-electron chi connectivity index (χ4n) is 2.94. The van der Waals surface area contributed by atoms with E-state index in [0.29, 0.717) is 17.2 Å². The summed E-state index contributed by atoms with van der Waals surface area (Å²) in [5.41, 5.74) is 1.76. The molecule has 0 aliphatic carbocycles. The molecule has 0 aliphatic rings. The maximum absolute atomic E-state index is 13.5. The van der Waals surface area contributed by atoms with Crippen LogP contribution in [0, 0.1) is 12.7 Å². The minimum atomic E-state index is -3.92. The number of benzene rings is 2. The summed E-state index contributed by atoms with van der Waals surface area (Å²) >= 11 is 0. The van der Waals surface area contributed by atoms with E-state index in [1.165, 1.54) is 40.8 Å². The van der Waals surface area contributed by atoms with Gasteiger partial charge in [0.05, 0.1) is 12.2 Å². The molecule has 2 heterocycles. The highest BCUT2D eigenvalue weighted by Gasteiger charge is 2.26. The molecule has 0 spiro atoms. The quantitative estimate of drug-likeness (QED) is 0.517. The lowest BCUT2D eigenvalue weighted by molar-refractivity contribution is 0.589. The van der Waals surface area contributed by atoms with E-state index in [2.05, 4.69) is 10.2 Å². The van der Waals surface area contributed by atoms with Gasteiger partial charge in [0.1, 0.15) is 16.5 Å². The third-order valence-electron chi connectivity index (χ3n) is 4.42. The van der Waals surface area contributed by atoms with Crippen molar-refractivity contribution in [3.8, 4) is 0 Å². The van der Waals surface area contributed by atoms with Crippen LogP contribution in [0.3, 0.4) is 0 Å². The first-order chi connectivity index (χ1) is 13.4. The molecule has 0 fully saturated rings. The van der Waals surface area contributed by atoms with Gasteiger partial charge < -0.3 is 0 Å². The minimum Gasteiger partial charge on any atom is -0.285 e. The molecule has 0 saturated carbocycles. The van der Waals surface area contributed by atoms with Gasteiger partial charge in [0, 0.05) is 6.20 Å². The van der Waals surface area contributed by atoms with E-state index in [0.717, 1.165) is 5.56 Å². The fourth-order valence-corrected chi connectivity index (χ4v) is 4.39. The molecule has 0 unspecified atom stereocenters. The van der Waals surface area contributed by atoms with Gasteiger partial charge in [-0.1, -0.05) is 30.3 Å². The number of sulfonamides is 1. The standard InChI is InChI=1S/C20H17FN4O2S/c1-15-22-23-20-12-11-19(14-24(15)20)28(26,27)25(13-16-5-3-2-4-6-16)18-9-7-17(21)8-10-18/h2-12,14H,13H2,1H3. The van der Waals surface area contributed by atoms with Crippen molar-refractivity contribution in [3.05, 3.63) is 90.1 Å². The van der Waals surface area contributed by atoms with Crippen LogP contribution in [0.4, 0.5) is 10.1 Å². The van der Waals surface area contributed by atoms with Crippen molar-refractivity contribution >= 4 is 21.4 Å². The molecule has 0 bridgehead atoms. The molecule has 28 heavy (non-hydrogen) atoms. The van der Waals surface area contributed by atoms with Crippen molar-refractivity contribution in [2.75, 3.05) is 4.31 Å². The summed E-state index contributed by atoms with van der Waals surface area (Å²) in [6.45, 7) is 1.87. The number of aromatic nitrogens is 3. The maximum Gasteiger partial charge on any atom is 0.266 e. The van der Waals surface area contributed by atoms with E-state index in [9.17, 15) is 12.8 Å². The average molecular weight is 396 g/mol. The second-order valence-electron chi connectivity index (χ2n) is 6.31. The highest BCUT2D eigenvalue weighted by molar-refractivity contribution is 7.92. The molecule has 2 aromatic heterocycles. The summed E-state index contributed by atoms with van der Waals surface area (Å²) < 4.78 is 43.2. The minimum absolute atomic E-state index is 0.100. The molecule has 0 N–H and O–H groups in total. The molecule has 142 valence electrons. The van der Waals surface area contributed by atoms with E-state index in [-0.39, 0.29) is 11.4 Å². The predicted molar refractivity (Wildman–Crippen MR) is 104 cm³/mol. The van der Waals surface area contributed by atoms with Gasteiger partial charge in [0.2, 0.25) is 0 Å².